The number of oxazole rings is 1. The van der Waals surface area contributed by atoms with Crippen molar-refractivity contribution in [2.75, 3.05) is 5.73 Å². The highest BCUT2D eigenvalue weighted by Gasteiger charge is 2.60. The highest BCUT2D eigenvalue weighted by atomic mass is 16.5. The van der Waals surface area contributed by atoms with E-state index in [-0.39, 0.29) is 11.9 Å². The molecule has 0 unspecified atom stereocenters. The molecule has 1 aliphatic heterocycles. The van der Waals surface area contributed by atoms with E-state index in [1.165, 1.54) is 0 Å². The number of rotatable bonds is 2. The smallest absolute Gasteiger partial charge is 0.292 e. The van der Waals surface area contributed by atoms with Crippen LogP contribution in [0.25, 0.3) is 27.9 Å². The maximum atomic E-state index is 14.3. The number of anilines is 1. The molecule has 35 heavy (non-hydrogen) atoms. The maximum Gasteiger partial charge on any atom is 0.292 e. The fourth-order valence-electron chi connectivity index (χ4n) is 5.18. The van der Waals surface area contributed by atoms with E-state index in [2.05, 4.69) is 41.4 Å². The van der Waals surface area contributed by atoms with Gasteiger partial charge >= 0.3 is 0 Å². The Labute approximate surface area is 211 Å². The summed E-state index contributed by atoms with van der Waals surface area (Å²) in [5.74, 6) is -0.0890. The van der Waals surface area contributed by atoms with Gasteiger partial charge in [-0.25, -0.2) is 4.98 Å². The standard InChI is InChI=1S/C19H25B8N5O3/c20-16(21)18(24,25)35-19(26,27)17(22,23)32(16)14(33)11-6-29-13-4-2-9(7-31(11)13)8-1-3-12-10(5-8)30-15(28)34-12/h1-7H,20-27H2,(H2,28,30). The van der Waals surface area contributed by atoms with Crippen molar-refractivity contribution in [3.63, 3.8) is 0 Å². The van der Waals surface area contributed by atoms with Gasteiger partial charge in [0.1, 0.15) is 79.6 Å². The van der Waals surface area contributed by atoms with Crippen molar-refractivity contribution in [1.82, 2.24) is 19.3 Å². The molecule has 0 saturated carbocycles. The molecule has 1 saturated heterocycles. The van der Waals surface area contributed by atoms with Gasteiger partial charge in [0.15, 0.2) is 5.58 Å². The zero-order valence-corrected chi connectivity index (χ0v) is 21.6. The van der Waals surface area contributed by atoms with Crippen LogP contribution in [0.3, 0.4) is 0 Å². The number of imidazole rings is 1. The zero-order valence-electron chi connectivity index (χ0n) is 21.6. The Balaban J connectivity index is 1.63. The molecule has 16 heteroatoms. The van der Waals surface area contributed by atoms with Gasteiger partial charge in [-0.2, -0.15) is 4.98 Å². The summed E-state index contributed by atoms with van der Waals surface area (Å²) in [4.78, 5) is 25.0. The van der Waals surface area contributed by atoms with Crippen LogP contribution in [0.2, 0.25) is 0 Å². The van der Waals surface area contributed by atoms with E-state index in [0.29, 0.717) is 22.4 Å². The van der Waals surface area contributed by atoms with E-state index in [1.54, 1.807) is 6.20 Å². The predicted octanol–water partition coefficient (Wildman–Crippen LogP) is -6.12. The molecule has 0 aliphatic carbocycles. The lowest BCUT2D eigenvalue weighted by atomic mass is 9.30. The first kappa shape index (κ1) is 23.9. The van der Waals surface area contributed by atoms with Gasteiger partial charge in [0.2, 0.25) is 0 Å². The minimum atomic E-state index is -0.581. The number of amides is 1. The molecule has 1 fully saturated rings. The number of aromatic nitrogens is 3. The first-order chi connectivity index (χ1) is 16.2. The van der Waals surface area contributed by atoms with Crippen LogP contribution in [0.15, 0.2) is 47.1 Å². The van der Waals surface area contributed by atoms with Gasteiger partial charge in [-0.3, -0.25) is 9.20 Å². The second-order valence-electron chi connectivity index (χ2n) is 11.4. The molecule has 0 bridgehead atoms. The van der Waals surface area contributed by atoms with Crippen LogP contribution in [0, 0.1) is 0 Å². The average Bonchev–Trinajstić information content (AvgIpc) is 3.32. The van der Waals surface area contributed by atoms with E-state index in [1.807, 2.05) is 77.2 Å². The second-order valence-corrected chi connectivity index (χ2v) is 11.4. The van der Waals surface area contributed by atoms with Crippen molar-refractivity contribution in [1.29, 1.82) is 0 Å². The molecule has 2 N–H and O–H groups in total. The number of carbonyl (C=O) groups is 1. The molecule has 1 aliphatic rings. The van der Waals surface area contributed by atoms with Crippen LogP contribution in [-0.2, 0) is 4.74 Å². The quantitative estimate of drug-likeness (QED) is 0.301. The molecule has 1 amide bonds. The summed E-state index contributed by atoms with van der Waals surface area (Å²) in [6.07, 6.45) is 3.60. The average molecular weight is 458 g/mol. The molecule has 168 valence electrons. The lowest BCUT2D eigenvalue weighted by molar-refractivity contribution is -0.0966. The molecule has 4 aromatic rings. The summed E-state index contributed by atoms with van der Waals surface area (Å²) >= 11 is 0. The summed E-state index contributed by atoms with van der Waals surface area (Å²) in [7, 11) is 16.4. The number of pyridine rings is 1. The Hall–Kier alpha value is -2.87. The van der Waals surface area contributed by atoms with Crippen molar-refractivity contribution in [2.45, 2.75) is 21.5 Å². The van der Waals surface area contributed by atoms with E-state index in [9.17, 15) is 4.79 Å². The number of benzene rings is 1. The van der Waals surface area contributed by atoms with Crippen LogP contribution in [0.5, 0.6) is 0 Å². The van der Waals surface area contributed by atoms with Gasteiger partial charge in [0.25, 0.3) is 11.9 Å². The number of carbonyl (C=O) groups excluding carboxylic acids is 1. The van der Waals surface area contributed by atoms with E-state index in [0.717, 1.165) is 11.1 Å². The lowest BCUT2D eigenvalue weighted by Crippen LogP contribution is -2.86. The van der Waals surface area contributed by atoms with Crippen molar-refractivity contribution < 1.29 is 13.9 Å². The SMILES string of the molecule is BC1(B)OC(B)(B)C(B)(B)N(C(=O)c2cnc3ccc(-c4ccc5oc(N)nc5c4)cn23)C1(B)B. The van der Waals surface area contributed by atoms with Crippen molar-refractivity contribution >= 4 is 91.4 Å². The molecule has 0 spiro atoms. The Morgan fingerprint density at radius 3 is 2.20 bits per heavy atom. The molecule has 0 atom stereocenters. The monoisotopic (exact) mass is 459 g/mol. The Kier molecular flexibility index (Phi) is 4.99. The summed E-state index contributed by atoms with van der Waals surface area (Å²) < 4.78 is 13.8. The highest BCUT2D eigenvalue weighted by Crippen LogP contribution is 2.41. The number of ether oxygens (including phenoxy) is 1. The second kappa shape index (κ2) is 7.32. The minimum absolute atomic E-state index is 0.0890. The van der Waals surface area contributed by atoms with Crippen LogP contribution in [-0.4, -0.2) is 109 Å². The van der Waals surface area contributed by atoms with E-state index >= 15 is 0 Å². The molecule has 1 aromatic carbocycles. The lowest BCUT2D eigenvalue weighted by Gasteiger charge is -2.68. The third kappa shape index (κ3) is 3.40. The number of fused-ring (bicyclic) bond motifs is 2. The Bertz CT molecular complexity index is 1470. The first-order valence-corrected chi connectivity index (χ1v) is 11.8. The summed E-state index contributed by atoms with van der Waals surface area (Å²) in [6, 6.07) is 9.75. The first-order valence-electron chi connectivity index (χ1n) is 11.8. The number of nitrogen functional groups attached to an aromatic ring is 1. The number of hydrogen-bond acceptors (Lipinski definition) is 6. The minimum Gasteiger partial charge on any atom is -0.424 e. The van der Waals surface area contributed by atoms with E-state index < -0.39 is 21.5 Å². The van der Waals surface area contributed by atoms with E-state index in [4.69, 9.17) is 14.9 Å². The zero-order chi connectivity index (χ0) is 25.6. The highest BCUT2D eigenvalue weighted by molar-refractivity contribution is 6.60. The number of hydrogen-bond donors (Lipinski definition) is 1. The topological polar surface area (TPSA) is 98.9 Å². The third-order valence-corrected chi connectivity index (χ3v) is 8.24. The number of nitrogens with two attached hydrogens (primary N) is 1. The van der Waals surface area contributed by atoms with Crippen molar-refractivity contribution in [3.05, 3.63) is 48.4 Å². The summed E-state index contributed by atoms with van der Waals surface area (Å²) in [5.41, 5.74) is 10.1. The molecule has 4 heterocycles. The largest absolute Gasteiger partial charge is 0.424 e. The van der Waals surface area contributed by atoms with Gasteiger partial charge in [-0.05, 0) is 46.1 Å². The third-order valence-electron chi connectivity index (χ3n) is 8.24. The molecular formula is C19H25B8N5O3. The fraction of sp³-hybridized carbons (Fsp3) is 0.211. The number of morpholine rings is 1. The molecule has 5 rings (SSSR count). The van der Waals surface area contributed by atoms with Crippen LogP contribution in [0.4, 0.5) is 6.01 Å². The van der Waals surface area contributed by atoms with Crippen LogP contribution >= 0.6 is 0 Å². The summed E-state index contributed by atoms with van der Waals surface area (Å²) in [6.45, 7) is 0. The van der Waals surface area contributed by atoms with Gasteiger partial charge in [-0.15, -0.1) is 0 Å². The number of nitrogens with zero attached hydrogens (tertiary/aromatic N) is 4. The van der Waals surface area contributed by atoms with Gasteiger partial charge in [-0.1, -0.05) is 6.07 Å². The van der Waals surface area contributed by atoms with Crippen molar-refractivity contribution in [2.24, 2.45) is 0 Å². The van der Waals surface area contributed by atoms with Gasteiger partial charge in [0, 0.05) is 17.0 Å². The van der Waals surface area contributed by atoms with Crippen LogP contribution < -0.4 is 5.73 Å². The van der Waals surface area contributed by atoms with Gasteiger partial charge < -0.3 is 19.8 Å². The molecule has 0 radical (unpaired) electrons. The maximum absolute atomic E-state index is 14.3. The Morgan fingerprint density at radius 1 is 0.914 bits per heavy atom. The fourth-order valence-corrected chi connectivity index (χ4v) is 5.18. The predicted molar refractivity (Wildman–Crippen MR) is 159 cm³/mol. The summed E-state index contributed by atoms with van der Waals surface area (Å²) in [5, 5.41) is -2.30. The molecule has 8 nitrogen and oxygen atoms in total. The Morgan fingerprint density at radius 2 is 1.54 bits per heavy atom. The normalized spacial score (nSPS) is 20.2. The van der Waals surface area contributed by atoms with Crippen molar-refractivity contribution in [3.8, 4) is 11.1 Å². The molecular weight excluding hydrogens is 433 g/mol. The molecule has 3 aromatic heterocycles. The van der Waals surface area contributed by atoms with Crippen LogP contribution in [0.1, 0.15) is 10.5 Å². The van der Waals surface area contributed by atoms with Gasteiger partial charge in [0.05, 0.1) is 6.20 Å².